The molecule has 1 aliphatic rings. The molecule has 3 aromatic carbocycles. The van der Waals surface area contributed by atoms with Crippen LogP contribution in [-0.4, -0.2) is 40.9 Å². The molecule has 0 amide bonds. The summed E-state index contributed by atoms with van der Waals surface area (Å²) in [6.07, 6.45) is 5.60. The van der Waals surface area contributed by atoms with Gasteiger partial charge in [-0.15, -0.1) is 0 Å². The van der Waals surface area contributed by atoms with E-state index in [1.165, 1.54) is 48.0 Å². The number of benzene rings is 3. The summed E-state index contributed by atoms with van der Waals surface area (Å²) in [6, 6.07) is 25.2. The number of likely N-dealkylation sites (tertiary alicyclic amines) is 1. The molecule has 1 N–H and O–H groups in total. The molecule has 0 unspecified atom stereocenters. The van der Waals surface area contributed by atoms with E-state index in [2.05, 4.69) is 74.6 Å². The SMILES string of the molecule is c1ccc(COc2ccc(CCNc3ccc4cnn(CCN5CCCC5)c4c3)cc2)cc1. The van der Waals surface area contributed by atoms with Gasteiger partial charge in [-0.25, -0.2) is 0 Å². The van der Waals surface area contributed by atoms with Crippen LogP contribution in [0.2, 0.25) is 0 Å². The van der Waals surface area contributed by atoms with Crippen LogP contribution in [-0.2, 0) is 19.6 Å². The molecule has 1 aliphatic heterocycles. The van der Waals surface area contributed by atoms with E-state index in [1.54, 1.807) is 0 Å². The number of ether oxygens (including phenoxy) is 1. The number of rotatable bonds is 10. The minimum Gasteiger partial charge on any atom is -0.489 e. The second-order valence-electron chi connectivity index (χ2n) is 8.79. The third-order valence-corrected chi connectivity index (χ3v) is 6.39. The average molecular weight is 441 g/mol. The van der Waals surface area contributed by atoms with Gasteiger partial charge >= 0.3 is 0 Å². The Labute approximate surface area is 196 Å². The lowest BCUT2D eigenvalue weighted by molar-refractivity contribution is 0.306. The van der Waals surface area contributed by atoms with Crippen LogP contribution in [0.3, 0.4) is 0 Å². The summed E-state index contributed by atoms with van der Waals surface area (Å²) >= 11 is 0. The van der Waals surface area contributed by atoms with Crippen LogP contribution in [0.5, 0.6) is 5.75 Å². The first-order valence-corrected chi connectivity index (χ1v) is 12.0. The summed E-state index contributed by atoms with van der Waals surface area (Å²) in [5.41, 5.74) is 4.83. The summed E-state index contributed by atoms with van der Waals surface area (Å²) in [6.45, 7) is 5.97. The van der Waals surface area contributed by atoms with Crippen molar-refractivity contribution in [3.05, 3.63) is 90.1 Å². The summed E-state index contributed by atoms with van der Waals surface area (Å²) in [4.78, 5) is 2.54. The molecular weight excluding hydrogens is 408 g/mol. The second kappa shape index (κ2) is 10.5. The highest BCUT2D eigenvalue weighted by Gasteiger charge is 2.12. The first-order valence-electron chi connectivity index (χ1n) is 12.0. The highest BCUT2D eigenvalue weighted by atomic mass is 16.5. The largest absolute Gasteiger partial charge is 0.489 e. The van der Waals surface area contributed by atoms with Crippen molar-refractivity contribution < 1.29 is 4.74 Å². The summed E-state index contributed by atoms with van der Waals surface area (Å²) < 4.78 is 8.04. The molecule has 0 spiro atoms. The van der Waals surface area contributed by atoms with Crippen molar-refractivity contribution in [2.75, 3.05) is 31.5 Å². The topological polar surface area (TPSA) is 42.3 Å². The van der Waals surface area contributed by atoms with Crippen LogP contribution in [0.25, 0.3) is 10.9 Å². The van der Waals surface area contributed by atoms with Crippen molar-refractivity contribution in [1.29, 1.82) is 0 Å². The Hall–Kier alpha value is -3.31. The second-order valence-corrected chi connectivity index (χ2v) is 8.79. The van der Waals surface area contributed by atoms with Gasteiger partial charge in [-0.05, 0) is 73.8 Å². The van der Waals surface area contributed by atoms with E-state index >= 15 is 0 Å². The molecule has 0 radical (unpaired) electrons. The Morgan fingerprint density at radius 1 is 0.848 bits per heavy atom. The predicted octanol–water partition coefficient (Wildman–Crippen LogP) is 5.37. The first kappa shape index (κ1) is 21.5. The maximum Gasteiger partial charge on any atom is 0.119 e. The van der Waals surface area contributed by atoms with E-state index < -0.39 is 0 Å². The number of aromatic nitrogens is 2. The van der Waals surface area contributed by atoms with Gasteiger partial charge in [-0.1, -0.05) is 42.5 Å². The predicted molar refractivity (Wildman–Crippen MR) is 135 cm³/mol. The quantitative estimate of drug-likeness (QED) is 0.360. The molecule has 4 aromatic rings. The van der Waals surface area contributed by atoms with Gasteiger partial charge in [0.15, 0.2) is 0 Å². The zero-order chi connectivity index (χ0) is 22.3. The molecule has 170 valence electrons. The lowest BCUT2D eigenvalue weighted by Gasteiger charge is -2.14. The molecule has 5 nitrogen and oxygen atoms in total. The number of hydrogen-bond donors (Lipinski definition) is 1. The molecule has 2 heterocycles. The summed E-state index contributed by atoms with van der Waals surface area (Å²) in [5.74, 6) is 0.906. The highest BCUT2D eigenvalue weighted by Crippen LogP contribution is 2.20. The Kier molecular flexibility index (Phi) is 6.88. The maximum atomic E-state index is 5.89. The molecular formula is C28H32N4O. The Morgan fingerprint density at radius 2 is 1.67 bits per heavy atom. The minimum atomic E-state index is 0.596. The van der Waals surface area contributed by atoms with Crippen molar-refractivity contribution in [3.8, 4) is 5.75 Å². The van der Waals surface area contributed by atoms with Crippen molar-refractivity contribution in [3.63, 3.8) is 0 Å². The zero-order valence-electron chi connectivity index (χ0n) is 19.1. The molecule has 5 heteroatoms. The van der Waals surface area contributed by atoms with Crippen LogP contribution in [0, 0.1) is 0 Å². The number of anilines is 1. The fraction of sp³-hybridized carbons (Fsp3) is 0.321. The zero-order valence-corrected chi connectivity index (χ0v) is 19.1. The fourth-order valence-electron chi connectivity index (χ4n) is 4.45. The summed E-state index contributed by atoms with van der Waals surface area (Å²) in [7, 11) is 0. The normalized spacial score (nSPS) is 14.1. The molecule has 0 saturated carbocycles. The van der Waals surface area contributed by atoms with Gasteiger partial charge in [-0.3, -0.25) is 4.68 Å². The number of fused-ring (bicyclic) bond motifs is 1. The van der Waals surface area contributed by atoms with E-state index in [4.69, 9.17) is 4.74 Å². The van der Waals surface area contributed by atoms with Crippen LogP contribution in [0.1, 0.15) is 24.0 Å². The van der Waals surface area contributed by atoms with Crippen LogP contribution in [0.15, 0.2) is 79.0 Å². The molecule has 1 aromatic heterocycles. The van der Waals surface area contributed by atoms with E-state index in [0.29, 0.717) is 6.61 Å². The minimum absolute atomic E-state index is 0.596. The molecule has 0 bridgehead atoms. The van der Waals surface area contributed by atoms with E-state index in [-0.39, 0.29) is 0 Å². The van der Waals surface area contributed by atoms with Gasteiger partial charge < -0.3 is 15.0 Å². The Morgan fingerprint density at radius 3 is 2.48 bits per heavy atom. The van der Waals surface area contributed by atoms with Crippen LogP contribution in [0.4, 0.5) is 5.69 Å². The Balaban J connectivity index is 1.12. The molecule has 1 fully saturated rings. The molecule has 0 atom stereocenters. The maximum absolute atomic E-state index is 5.89. The van der Waals surface area contributed by atoms with Gasteiger partial charge in [-0.2, -0.15) is 5.10 Å². The highest BCUT2D eigenvalue weighted by molar-refractivity contribution is 5.82. The third kappa shape index (κ3) is 5.74. The van der Waals surface area contributed by atoms with Crippen LogP contribution >= 0.6 is 0 Å². The Bertz CT molecular complexity index is 1150. The lowest BCUT2D eigenvalue weighted by Crippen LogP contribution is -2.24. The van der Waals surface area contributed by atoms with E-state index in [1.807, 2.05) is 24.4 Å². The van der Waals surface area contributed by atoms with Crippen molar-refractivity contribution in [2.45, 2.75) is 32.4 Å². The van der Waals surface area contributed by atoms with E-state index in [9.17, 15) is 0 Å². The fourth-order valence-corrected chi connectivity index (χ4v) is 4.45. The van der Waals surface area contributed by atoms with Gasteiger partial charge in [0.1, 0.15) is 12.4 Å². The smallest absolute Gasteiger partial charge is 0.119 e. The van der Waals surface area contributed by atoms with Crippen molar-refractivity contribution >= 4 is 16.6 Å². The lowest BCUT2D eigenvalue weighted by atomic mass is 10.1. The van der Waals surface area contributed by atoms with Gasteiger partial charge in [0.2, 0.25) is 0 Å². The third-order valence-electron chi connectivity index (χ3n) is 6.39. The van der Waals surface area contributed by atoms with E-state index in [0.717, 1.165) is 37.5 Å². The number of hydrogen-bond acceptors (Lipinski definition) is 4. The molecule has 0 aliphatic carbocycles. The first-order chi connectivity index (χ1) is 16.3. The number of nitrogens with one attached hydrogen (secondary N) is 1. The van der Waals surface area contributed by atoms with Crippen molar-refractivity contribution in [2.24, 2.45) is 0 Å². The molecule has 33 heavy (non-hydrogen) atoms. The van der Waals surface area contributed by atoms with Gasteiger partial charge in [0.05, 0.1) is 18.3 Å². The molecule has 5 rings (SSSR count). The summed E-state index contributed by atoms with van der Waals surface area (Å²) in [5, 5.41) is 9.40. The monoisotopic (exact) mass is 440 g/mol. The van der Waals surface area contributed by atoms with Gasteiger partial charge in [0, 0.05) is 24.2 Å². The average Bonchev–Trinajstić information content (AvgIpc) is 3.53. The van der Waals surface area contributed by atoms with Crippen molar-refractivity contribution in [1.82, 2.24) is 14.7 Å². The standard InChI is InChI=1S/C28H32N4O/c1-2-6-24(7-3-1)22-33-27-12-8-23(9-13-27)14-15-29-26-11-10-25-21-30-32(28(25)20-26)19-18-31-16-4-5-17-31/h1-3,6-13,20-21,29H,4-5,14-19,22H2. The number of nitrogens with zero attached hydrogens (tertiary/aromatic N) is 3. The molecule has 1 saturated heterocycles. The van der Waals surface area contributed by atoms with Crippen LogP contribution < -0.4 is 10.1 Å². The van der Waals surface area contributed by atoms with Gasteiger partial charge in [0.25, 0.3) is 0 Å².